The molecule has 82 valence electrons. The normalized spacial score (nSPS) is 14.8. The van der Waals surface area contributed by atoms with Gasteiger partial charge in [0.2, 0.25) is 0 Å². The maximum absolute atomic E-state index is 13.1. The molecular weight excluding hydrogens is 213 g/mol. The Kier molecular flexibility index (Phi) is 2.44. The molecule has 0 radical (unpaired) electrons. The summed E-state index contributed by atoms with van der Waals surface area (Å²) in [5.74, 6) is -1.44. The van der Waals surface area contributed by atoms with Crippen molar-refractivity contribution in [1.29, 1.82) is 0 Å². The second kappa shape index (κ2) is 3.77. The van der Waals surface area contributed by atoms with E-state index in [0.717, 1.165) is 23.1 Å². The Morgan fingerprint density at radius 3 is 2.38 bits per heavy atom. The van der Waals surface area contributed by atoms with Crippen LogP contribution < -0.4 is 9.64 Å². The maximum Gasteiger partial charge on any atom is 0.258 e. The van der Waals surface area contributed by atoms with Crippen LogP contribution in [0.5, 0.6) is 5.75 Å². The molecule has 5 heteroatoms. The van der Waals surface area contributed by atoms with Crippen molar-refractivity contribution in [2.75, 3.05) is 12.0 Å². The predicted octanol–water partition coefficient (Wildman–Crippen LogP) is 1.26. The fourth-order valence-electron chi connectivity index (χ4n) is 1.44. The fourth-order valence-corrected chi connectivity index (χ4v) is 1.44. The van der Waals surface area contributed by atoms with Crippen molar-refractivity contribution in [1.82, 2.24) is 0 Å². The van der Waals surface area contributed by atoms with Gasteiger partial charge in [-0.25, -0.2) is 9.29 Å². The SMILES string of the molecule is COc1cc(N2C(=O)C=CC2=O)ccc1F. The first kappa shape index (κ1) is 10.4. The molecule has 2 rings (SSSR count). The molecule has 0 N–H and O–H groups in total. The number of benzene rings is 1. The Morgan fingerprint density at radius 2 is 1.81 bits per heavy atom. The number of nitrogens with zero attached hydrogens (tertiary/aromatic N) is 1. The van der Waals surface area contributed by atoms with Crippen LogP contribution in [0, 0.1) is 5.82 Å². The maximum atomic E-state index is 13.1. The number of carbonyl (C=O) groups is 2. The quantitative estimate of drug-likeness (QED) is 0.706. The Hall–Kier alpha value is -2.17. The highest BCUT2D eigenvalue weighted by molar-refractivity contribution is 6.28. The van der Waals surface area contributed by atoms with E-state index in [1.54, 1.807) is 0 Å². The molecular formula is C11H8FNO3. The number of imide groups is 1. The predicted molar refractivity (Wildman–Crippen MR) is 54.6 cm³/mol. The van der Waals surface area contributed by atoms with Crippen molar-refractivity contribution in [2.45, 2.75) is 0 Å². The molecule has 0 unspecified atom stereocenters. The summed E-state index contributed by atoms with van der Waals surface area (Å²) in [5.41, 5.74) is 0.290. The summed E-state index contributed by atoms with van der Waals surface area (Å²) in [5, 5.41) is 0. The van der Waals surface area contributed by atoms with Gasteiger partial charge in [-0.05, 0) is 12.1 Å². The van der Waals surface area contributed by atoms with Gasteiger partial charge in [0.1, 0.15) is 0 Å². The third-order valence-corrected chi connectivity index (χ3v) is 2.20. The zero-order valence-electron chi connectivity index (χ0n) is 8.44. The molecule has 0 saturated heterocycles. The third-order valence-electron chi connectivity index (χ3n) is 2.20. The summed E-state index contributed by atoms with van der Waals surface area (Å²) in [6.07, 6.45) is 2.33. The fraction of sp³-hybridized carbons (Fsp3) is 0.0909. The molecule has 0 aliphatic carbocycles. The lowest BCUT2D eigenvalue weighted by Gasteiger charge is -2.14. The van der Waals surface area contributed by atoms with E-state index >= 15 is 0 Å². The Morgan fingerprint density at radius 1 is 1.19 bits per heavy atom. The largest absolute Gasteiger partial charge is 0.494 e. The van der Waals surface area contributed by atoms with Crippen LogP contribution in [0.25, 0.3) is 0 Å². The zero-order valence-corrected chi connectivity index (χ0v) is 8.44. The highest BCUT2D eigenvalue weighted by atomic mass is 19.1. The molecule has 0 bridgehead atoms. The topological polar surface area (TPSA) is 46.6 Å². The van der Waals surface area contributed by atoms with Crippen LogP contribution in [-0.2, 0) is 9.59 Å². The number of hydrogen-bond donors (Lipinski definition) is 0. The Bertz CT molecular complexity index is 478. The number of ether oxygens (including phenoxy) is 1. The van der Waals surface area contributed by atoms with E-state index < -0.39 is 17.6 Å². The molecule has 1 aromatic carbocycles. The first-order valence-corrected chi connectivity index (χ1v) is 4.53. The summed E-state index contributed by atoms with van der Waals surface area (Å²) in [6.45, 7) is 0. The highest BCUT2D eigenvalue weighted by Gasteiger charge is 2.25. The molecule has 0 atom stereocenters. The number of halogens is 1. The van der Waals surface area contributed by atoms with E-state index in [1.165, 1.54) is 19.2 Å². The molecule has 2 amide bonds. The molecule has 1 aliphatic rings. The second-order valence-corrected chi connectivity index (χ2v) is 3.16. The zero-order chi connectivity index (χ0) is 11.7. The van der Waals surface area contributed by atoms with Crippen LogP contribution in [0.1, 0.15) is 0 Å². The molecule has 0 spiro atoms. The van der Waals surface area contributed by atoms with Gasteiger partial charge in [-0.3, -0.25) is 9.59 Å². The Balaban J connectivity index is 2.42. The number of amides is 2. The molecule has 0 saturated carbocycles. The van der Waals surface area contributed by atoms with E-state index in [4.69, 9.17) is 4.74 Å². The van der Waals surface area contributed by atoms with Crippen molar-refractivity contribution >= 4 is 17.5 Å². The van der Waals surface area contributed by atoms with E-state index in [2.05, 4.69) is 0 Å². The van der Waals surface area contributed by atoms with Crippen LogP contribution >= 0.6 is 0 Å². The smallest absolute Gasteiger partial charge is 0.258 e. The molecule has 1 aliphatic heterocycles. The second-order valence-electron chi connectivity index (χ2n) is 3.16. The third kappa shape index (κ3) is 1.56. The number of hydrogen-bond acceptors (Lipinski definition) is 3. The van der Waals surface area contributed by atoms with Gasteiger partial charge in [-0.15, -0.1) is 0 Å². The van der Waals surface area contributed by atoms with Gasteiger partial charge < -0.3 is 4.74 Å². The van der Waals surface area contributed by atoms with Gasteiger partial charge in [0.25, 0.3) is 11.8 Å². The molecule has 1 heterocycles. The molecule has 16 heavy (non-hydrogen) atoms. The van der Waals surface area contributed by atoms with Crippen LogP contribution in [0.3, 0.4) is 0 Å². The van der Waals surface area contributed by atoms with Crippen LogP contribution in [-0.4, -0.2) is 18.9 Å². The number of methoxy groups -OCH3 is 1. The first-order valence-electron chi connectivity index (χ1n) is 4.53. The lowest BCUT2D eigenvalue weighted by molar-refractivity contribution is -0.119. The van der Waals surface area contributed by atoms with Crippen molar-refractivity contribution in [3.8, 4) is 5.75 Å². The summed E-state index contributed by atoms with van der Waals surface area (Å²) < 4.78 is 17.9. The van der Waals surface area contributed by atoms with Gasteiger partial charge in [-0.2, -0.15) is 0 Å². The van der Waals surface area contributed by atoms with E-state index in [9.17, 15) is 14.0 Å². The minimum atomic E-state index is -0.543. The van der Waals surface area contributed by atoms with Crippen molar-refractivity contribution in [2.24, 2.45) is 0 Å². The van der Waals surface area contributed by atoms with Crippen molar-refractivity contribution in [3.63, 3.8) is 0 Å². The van der Waals surface area contributed by atoms with Crippen molar-refractivity contribution < 1.29 is 18.7 Å². The van der Waals surface area contributed by atoms with Crippen LogP contribution in [0.4, 0.5) is 10.1 Å². The minimum absolute atomic E-state index is 0.00926. The average molecular weight is 221 g/mol. The lowest BCUT2D eigenvalue weighted by Crippen LogP contribution is -2.29. The van der Waals surface area contributed by atoms with Crippen LogP contribution in [0.2, 0.25) is 0 Å². The Labute approximate surface area is 90.9 Å². The summed E-state index contributed by atoms with van der Waals surface area (Å²) in [6, 6.07) is 3.80. The standard InChI is InChI=1S/C11H8FNO3/c1-16-9-6-7(2-3-8(9)12)13-10(14)4-5-11(13)15/h2-6H,1H3. The molecule has 0 fully saturated rings. The molecule has 4 nitrogen and oxygen atoms in total. The minimum Gasteiger partial charge on any atom is -0.494 e. The average Bonchev–Trinajstić information content (AvgIpc) is 2.60. The lowest BCUT2D eigenvalue weighted by atomic mass is 10.2. The summed E-state index contributed by atoms with van der Waals surface area (Å²) in [7, 11) is 1.31. The number of anilines is 1. The van der Waals surface area contributed by atoms with Gasteiger partial charge in [0.15, 0.2) is 11.6 Å². The molecule has 0 aromatic heterocycles. The van der Waals surface area contributed by atoms with Crippen molar-refractivity contribution in [3.05, 3.63) is 36.2 Å². The monoisotopic (exact) mass is 221 g/mol. The van der Waals surface area contributed by atoms with Gasteiger partial charge in [-0.1, -0.05) is 0 Å². The first-order chi connectivity index (χ1) is 7.63. The van der Waals surface area contributed by atoms with Gasteiger partial charge in [0.05, 0.1) is 12.8 Å². The molecule has 1 aromatic rings. The number of rotatable bonds is 2. The van der Waals surface area contributed by atoms with E-state index in [0.29, 0.717) is 5.69 Å². The summed E-state index contributed by atoms with van der Waals surface area (Å²) >= 11 is 0. The van der Waals surface area contributed by atoms with Crippen LogP contribution in [0.15, 0.2) is 30.4 Å². The number of carbonyl (C=O) groups excluding carboxylic acids is 2. The van der Waals surface area contributed by atoms with Gasteiger partial charge >= 0.3 is 0 Å². The van der Waals surface area contributed by atoms with E-state index in [-0.39, 0.29) is 5.75 Å². The summed E-state index contributed by atoms with van der Waals surface area (Å²) in [4.78, 5) is 23.7. The highest BCUT2D eigenvalue weighted by Crippen LogP contribution is 2.26. The van der Waals surface area contributed by atoms with Gasteiger partial charge in [0, 0.05) is 18.2 Å². The van der Waals surface area contributed by atoms with E-state index in [1.807, 2.05) is 0 Å².